The van der Waals surface area contributed by atoms with Gasteiger partial charge >= 0.3 is 0 Å². The number of carbonyl (C=O) groups excluding carboxylic acids is 1. The van der Waals surface area contributed by atoms with Gasteiger partial charge in [0.05, 0.1) is 6.61 Å². The van der Waals surface area contributed by atoms with Gasteiger partial charge in [-0.1, -0.05) is 6.07 Å². The minimum Gasteiger partial charge on any atom is -0.494 e. The molecule has 0 bridgehead atoms. The first-order valence-electron chi connectivity index (χ1n) is 9.83. The van der Waals surface area contributed by atoms with Gasteiger partial charge in [0.1, 0.15) is 5.75 Å². The number of amides is 1. The SMILES string of the molecule is Cc1ccc(OCCCC(=O)N2CCC(NCC3CC3)CC2)cc1C. The molecule has 1 amide bonds. The van der Waals surface area contributed by atoms with E-state index in [0.29, 0.717) is 19.1 Å². The van der Waals surface area contributed by atoms with E-state index in [1.165, 1.54) is 30.5 Å². The molecule has 1 N–H and O–H groups in total. The highest BCUT2D eigenvalue weighted by molar-refractivity contribution is 5.76. The van der Waals surface area contributed by atoms with Crippen LogP contribution in [-0.2, 0) is 4.79 Å². The third-order valence-electron chi connectivity index (χ3n) is 5.52. The van der Waals surface area contributed by atoms with Crippen molar-refractivity contribution in [2.45, 2.75) is 58.4 Å². The molecule has 2 aliphatic rings. The lowest BCUT2D eigenvalue weighted by Crippen LogP contribution is -2.45. The number of rotatable bonds is 8. The highest BCUT2D eigenvalue weighted by atomic mass is 16.5. The van der Waals surface area contributed by atoms with Gasteiger partial charge in [0.25, 0.3) is 0 Å². The van der Waals surface area contributed by atoms with Gasteiger partial charge in [0, 0.05) is 25.6 Å². The summed E-state index contributed by atoms with van der Waals surface area (Å²) >= 11 is 0. The van der Waals surface area contributed by atoms with Crippen molar-refractivity contribution in [3.8, 4) is 5.75 Å². The summed E-state index contributed by atoms with van der Waals surface area (Å²) in [7, 11) is 0. The van der Waals surface area contributed by atoms with Crippen molar-refractivity contribution in [3.63, 3.8) is 0 Å². The minimum atomic E-state index is 0.282. The summed E-state index contributed by atoms with van der Waals surface area (Å²) in [6.45, 7) is 7.78. The maximum absolute atomic E-state index is 12.3. The van der Waals surface area contributed by atoms with Crippen molar-refractivity contribution in [1.29, 1.82) is 0 Å². The van der Waals surface area contributed by atoms with Gasteiger partial charge in [-0.25, -0.2) is 0 Å². The molecular formula is C21H32N2O2. The lowest BCUT2D eigenvalue weighted by molar-refractivity contribution is -0.132. The van der Waals surface area contributed by atoms with E-state index >= 15 is 0 Å². The smallest absolute Gasteiger partial charge is 0.222 e. The molecule has 0 radical (unpaired) electrons. The van der Waals surface area contributed by atoms with Crippen LogP contribution in [0.1, 0.15) is 49.7 Å². The molecule has 0 unspecified atom stereocenters. The summed E-state index contributed by atoms with van der Waals surface area (Å²) in [6.07, 6.45) is 6.36. The van der Waals surface area contributed by atoms with Gasteiger partial charge in [-0.15, -0.1) is 0 Å². The van der Waals surface area contributed by atoms with E-state index in [0.717, 1.165) is 44.0 Å². The molecule has 0 atom stereocenters. The first-order chi connectivity index (χ1) is 12.1. The Bertz CT molecular complexity index is 575. The molecule has 0 aromatic heterocycles. The number of carbonyl (C=O) groups is 1. The van der Waals surface area contributed by atoms with E-state index < -0.39 is 0 Å². The Balaban J connectivity index is 1.29. The lowest BCUT2D eigenvalue weighted by Gasteiger charge is -2.32. The van der Waals surface area contributed by atoms with Crippen molar-refractivity contribution in [3.05, 3.63) is 29.3 Å². The zero-order chi connectivity index (χ0) is 17.6. The molecular weight excluding hydrogens is 312 g/mol. The summed E-state index contributed by atoms with van der Waals surface area (Å²) in [5.41, 5.74) is 2.52. The number of hydrogen-bond acceptors (Lipinski definition) is 3. The van der Waals surface area contributed by atoms with Crippen molar-refractivity contribution < 1.29 is 9.53 Å². The van der Waals surface area contributed by atoms with Gasteiger partial charge in [0.2, 0.25) is 5.91 Å². The van der Waals surface area contributed by atoms with Crippen LogP contribution in [0.4, 0.5) is 0 Å². The Morgan fingerprint density at radius 1 is 1.16 bits per heavy atom. The molecule has 0 spiro atoms. The zero-order valence-electron chi connectivity index (χ0n) is 15.7. The summed E-state index contributed by atoms with van der Waals surface area (Å²) < 4.78 is 5.78. The number of nitrogens with zero attached hydrogens (tertiary/aromatic N) is 1. The Morgan fingerprint density at radius 3 is 2.60 bits per heavy atom. The van der Waals surface area contributed by atoms with Crippen molar-refractivity contribution in [1.82, 2.24) is 10.2 Å². The van der Waals surface area contributed by atoms with E-state index in [1.54, 1.807) is 0 Å². The van der Waals surface area contributed by atoms with Gasteiger partial charge in [0.15, 0.2) is 0 Å². The van der Waals surface area contributed by atoms with Crippen LogP contribution < -0.4 is 10.1 Å². The van der Waals surface area contributed by atoms with Crippen molar-refractivity contribution >= 4 is 5.91 Å². The predicted octanol–water partition coefficient (Wildman–Crippen LogP) is 3.45. The maximum atomic E-state index is 12.3. The summed E-state index contributed by atoms with van der Waals surface area (Å²) in [4.78, 5) is 14.4. The molecule has 1 aliphatic carbocycles. The van der Waals surface area contributed by atoms with Crippen molar-refractivity contribution in [2.24, 2.45) is 5.92 Å². The maximum Gasteiger partial charge on any atom is 0.222 e. The molecule has 1 aliphatic heterocycles. The highest BCUT2D eigenvalue weighted by Crippen LogP contribution is 2.28. The highest BCUT2D eigenvalue weighted by Gasteiger charge is 2.25. The number of hydrogen-bond donors (Lipinski definition) is 1. The fraction of sp³-hybridized carbons (Fsp3) is 0.667. The number of aryl methyl sites for hydroxylation is 2. The molecule has 1 saturated heterocycles. The Kier molecular flexibility index (Phi) is 6.35. The number of benzene rings is 1. The normalized spacial score (nSPS) is 18.4. The summed E-state index contributed by atoms with van der Waals surface area (Å²) in [6, 6.07) is 6.76. The minimum absolute atomic E-state index is 0.282. The molecule has 138 valence electrons. The molecule has 1 aromatic rings. The number of likely N-dealkylation sites (tertiary alicyclic amines) is 1. The van der Waals surface area contributed by atoms with Gasteiger partial charge in [-0.05, 0) is 81.7 Å². The molecule has 1 aromatic carbocycles. The third kappa shape index (κ3) is 5.74. The monoisotopic (exact) mass is 344 g/mol. The number of piperidine rings is 1. The van der Waals surface area contributed by atoms with Crippen LogP contribution >= 0.6 is 0 Å². The average Bonchev–Trinajstić information content (AvgIpc) is 3.44. The van der Waals surface area contributed by atoms with E-state index in [9.17, 15) is 4.79 Å². The first-order valence-corrected chi connectivity index (χ1v) is 9.83. The second kappa shape index (κ2) is 8.70. The fourth-order valence-electron chi connectivity index (χ4n) is 3.36. The van der Waals surface area contributed by atoms with Crippen LogP contribution in [0, 0.1) is 19.8 Å². The second-order valence-corrected chi connectivity index (χ2v) is 7.70. The summed E-state index contributed by atoms with van der Waals surface area (Å²) in [5.74, 6) is 2.11. The van der Waals surface area contributed by atoms with Crippen molar-refractivity contribution in [2.75, 3.05) is 26.2 Å². The predicted molar refractivity (Wildman–Crippen MR) is 101 cm³/mol. The topological polar surface area (TPSA) is 41.6 Å². The number of ether oxygens (including phenoxy) is 1. The molecule has 4 nitrogen and oxygen atoms in total. The molecule has 1 heterocycles. The van der Waals surface area contributed by atoms with Crippen LogP contribution in [0.25, 0.3) is 0 Å². The van der Waals surface area contributed by atoms with Crippen LogP contribution in [0.2, 0.25) is 0 Å². The third-order valence-corrected chi connectivity index (χ3v) is 5.52. The van der Waals surface area contributed by atoms with Crippen LogP contribution in [0.15, 0.2) is 18.2 Å². The van der Waals surface area contributed by atoms with E-state index in [4.69, 9.17) is 4.74 Å². The lowest BCUT2D eigenvalue weighted by atomic mass is 10.0. The van der Waals surface area contributed by atoms with Crippen LogP contribution in [0.5, 0.6) is 5.75 Å². The molecule has 3 rings (SSSR count). The van der Waals surface area contributed by atoms with E-state index in [1.807, 2.05) is 11.0 Å². The number of nitrogens with one attached hydrogen (secondary N) is 1. The Morgan fingerprint density at radius 2 is 1.92 bits per heavy atom. The molecule has 4 heteroatoms. The van der Waals surface area contributed by atoms with E-state index in [2.05, 4.69) is 31.3 Å². The van der Waals surface area contributed by atoms with Crippen LogP contribution in [0.3, 0.4) is 0 Å². The largest absolute Gasteiger partial charge is 0.494 e. The van der Waals surface area contributed by atoms with Gasteiger partial charge in [-0.3, -0.25) is 4.79 Å². The summed E-state index contributed by atoms with van der Waals surface area (Å²) in [5, 5.41) is 3.66. The molecule has 1 saturated carbocycles. The second-order valence-electron chi connectivity index (χ2n) is 7.70. The molecule has 2 fully saturated rings. The molecule has 25 heavy (non-hydrogen) atoms. The average molecular weight is 344 g/mol. The van der Waals surface area contributed by atoms with Gasteiger partial charge < -0.3 is 15.0 Å². The Labute approximate surface area is 151 Å². The van der Waals surface area contributed by atoms with E-state index in [-0.39, 0.29) is 5.91 Å². The van der Waals surface area contributed by atoms with Crippen LogP contribution in [-0.4, -0.2) is 43.1 Å². The quantitative estimate of drug-likeness (QED) is 0.735. The Hall–Kier alpha value is -1.55. The van der Waals surface area contributed by atoms with Gasteiger partial charge in [-0.2, -0.15) is 0 Å². The standard InChI is InChI=1S/C21H32N2O2/c1-16-5-8-20(14-17(16)2)25-13-3-4-21(24)23-11-9-19(10-12-23)22-15-18-6-7-18/h5,8,14,18-19,22H,3-4,6-7,9-13,15H2,1-2H3. The first kappa shape index (κ1) is 18.2. The fourth-order valence-corrected chi connectivity index (χ4v) is 3.36. The zero-order valence-corrected chi connectivity index (χ0v) is 15.7.